The van der Waals surface area contributed by atoms with Gasteiger partial charge in [0.15, 0.2) is 5.78 Å². The summed E-state index contributed by atoms with van der Waals surface area (Å²) >= 11 is 5.85. The van der Waals surface area contributed by atoms with Crippen LogP contribution in [0.2, 0.25) is 5.28 Å². The molecule has 7 heteroatoms. The van der Waals surface area contributed by atoms with E-state index in [1.54, 1.807) is 0 Å². The fourth-order valence-electron chi connectivity index (χ4n) is 2.93. The number of alkyl halides is 1. The van der Waals surface area contributed by atoms with Crippen LogP contribution < -0.4 is 0 Å². The van der Waals surface area contributed by atoms with Crippen LogP contribution in [0.25, 0.3) is 0 Å². The number of Topliss-reactive ketones (excluding diaryl/α,β-unsaturated/α-hetero) is 1. The molecule has 2 aromatic rings. The molecule has 0 bridgehead atoms. The first-order chi connectivity index (χ1) is 11.5. The largest absolute Gasteiger partial charge is 0.332 e. The molecule has 0 spiro atoms. The molecule has 0 saturated heterocycles. The second kappa shape index (κ2) is 6.65. The molecule has 0 radical (unpaired) electrons. The number of hydrogen-bond donors (Lipinski definition) is 0. The van der Waals surface area contributed by atoms with Crippen LogP contribution in [0.1, 0.15) is 44.5 Å². The van der Waals surface area contributed by atoms with Crippen LogP contribution in [0.3, 0.4) is 0 Å². The lowest BCUT2D eigenvalue weighted by atomic mass is 9.97. The summed E-state index contributed by atoms with van der Waals surface area (Å²) in [6.45, 7) is 1.33. The molecule has 124 valence electrons. The average molecular weight is 348 g/mol. The Morgan fingerprint density at radius 1 is 1.42 bits per heavy atom. The molecule has 5 nitrogen and oxygen atoms in total. The van der Waals surface area contributed by atoms with Crippen molar-refractivity contribution in [1.29, 1.82) is 0 Å². The van der Waals surface area contributed by atoms with Crippen molar-refractivity contribution in [3.05, 3.63) is 57.6 Å². The van der Waals surface area contributed by atoms with E-state index in [0.717, 1.165) is 11.1 Å². The van der Waals surface area contributed by atoms with Crippen molar-refractivity contribution in [2.75, 3.05) is 13.2 Å². The van der Waals surface area contributed by atoms with Gasteiger partial charge in [-0.3, -0.25) is 9.59 Å². The molecule has 0 fully saturated rings. The Kier molecular flexibility index (Phi) is 4.57. The van der Waals surface area contributed by atoms with Gasteiger partial charge in [-0.15, -0.1) is 0 Å². The monoisotopic (exact) mass is 347 g/mol. The molecule has 3 rings (SSSR count). The number of halogens is 2. The fraction of sp³-hybridized carbons (Fsp3) is 0.294. The fourth-order valence-corrected chi connectivity index (χ4v) is 3.08. The zero-order valence-electron chi connectivity index (χ0n) is 13.1. The Labute approximate surface area is 143 Å². The summed E-state index contributed by atoms with van der Waals surface area (Å²) in [5, 5.41) is 0.0490. The summed E-state index contributed by atoms with van der Waals surface area (Å²) < 4.78 is 12.6. The maximum Gasteiger partial charge on any atom is 0.254 e. The number of nitrogens with zero attached hydrogens (tertiary/aromatic N) is 3. The summed E-state index contributed by atoms with van der Waals surface area (Å²) in [5.41, 5.74) is 3.03. The molecular weight excluding hydrogens is 333 g/mol. The van der Waals surface area contributed by atoms with Crippen molar-refractivity contribution >= 4 is 23.3 Å². The first-order valence-corrected chi connectivity index (χ1v) is 7.87. The Hall–Kier alpha value is -2.34. The van der Waals surface area contributed by atoms with Gasteiger partial charge in [0.1, 0.15) is 6.67 Å². The summed E-state index contributed by atoms with van der Waals surface area (Å²) in [6.07, 6.45) is 1.68. The maximum atomic E-state index is 12.6. The van der Waals surface area contributed by atoms with Gasteiger partial charge in [-0.05, 0) is 29.7 Å². The molecule has 1 aliphatic rings. The Morgan fingerprint density at radius 2 is 2.21 bits per heavy atom. The third-order valence-electron chi connectivity index (χ3n) is 4.03. The first-order valence-electron chi connectivity index (χ1n) is 7.49. The molecule has 0 N–H and O–H groups in total. The third-order valence-corrected chi connectivity index (χ3v) is 4.21. The lowest BCUT2D eigenvalue weighted by molar-refractivity contribution is 0.0767. The predicted octanol–water partition coefficient (Wildman–Crippen LogP) is 2.85. The van der Waals surface area contributed by atoms with E-state index in [0.29, 0.717) is 23.4 Å². The number of benzene rings is 1. The molecule has 1 aromatic carbocycles. The number of carbonyl (C=O) groups excluding carboxylic acids is 2. The first kappa shape index (κ1) is 16.5. The highest BCUT2D eigenvalue weighted by atomic mass is 35.5. The normalized spacial score (nSPS) is 13.3. The van der Waals surface area contributed by atoms with Gasteiger partial charge in [0.2, 0.25) is 5.28 Å². The van der Waals surface area contributed by atoms with Gasteiger partial charge in [0.25, 0.3) is 5.91 Å². The highest BCUT2D eigenvalue weighted by Crippen LogP contribution is 2.28. The molecule has 0 unspecified atom stereocenters. The van der Waals surface area contributed by atoms with Crippen molar-refractivity contribution in [2.45, 2.75) is 19.9 Å². The third kappa shape index (κ3) is 3.01. The summed E-state index contributed by atoms with van der Waals surface area (Å²) in [7, 11) is 0. The minimum atomic E-state index is -0.578. The average Bonchev–Trinajstić information content (AvgIpc) is 2.85. The van der Waals surface area contributed by atoms with E-state index in [4.69, 9.17) is 11.6 Å². The number of amides is 1. The molecule has 0 saturated carbocycles. The Morgan fingerprint density at radius 3 is 2.92 bits per heavy atom. The molecule has 1 aliphatic heterocycles. The topological polar surface area (TPSA) is 63.2 Å². The minimum absolute atomic E-state index is 0.0490. The van der Waals surface area contributed by atoms with E-state index in [1.807, 2.05) is 18.2 Å². The minimum Gasteiger partial charge on any atom is -0.332 e. The van der Waals surface area contributed by atoms with Crippen LogP contribution >= 0.6 is 11.6 Å². The van der Waals surface area contributed by atoms with Gasteiger partial charge in [0, 0.05) is 31.3 Å². The molecule has 0 atom stereocenters. The van der Waals surface area contributed by atoms with Gasteiger partial charge in [-0.25, -0.2) is 14.4 Å². The van der Waals surface area contributed by atoms with Crippen LogP contribution in [-0.4, -0.2) is 39.8 Å². The zero-order valence-corrected chi connectivity index (χ0v) is 13.8. The van der Waals surface area contributed by atoms with Gasteiger partial charge >= 0.3 is 0 Å². The van der Waals surface area contributed by atoms with Crippen LogP contribution in [0.15, 0.2) is 24.4 Å². The van der Waals surface area contributed by atoms with Gasteiger partial charge in [0.05, 0.1) is 11.3 Å². The molecular formula is C17H15ClFN3O2. The smallest absolute Gasteiger partial charge is 0.254 e. The second-order valence-corrected chi connectivity index (χ2v) is 5.94. The Balaban J connectivity index is 2.00. The van der Waals surface area contributed by atoms with Gasteiger partial charge in [-0.2, -0.15) is 0 Å². The van der Waals surface area contributed by atoms with Crippen molar-refractivity contribution in [2.24, 2.45) is 0 Å². The summed E-state index contributed by atoms with van der Waals surface area (Å²) in [5.74, 6) is -0.359. The van der Waals surface area contributed by atoms with Crippen molar-refractivity contribution in [3.63, 3.8) is 0 Å². The molecule has 2 heterocycles. The maximum absolute atomic E-state index is 12.6. The Bertz CT molecular complexity index is 825. The lowest BCUT2D eigenvalue weighted by Crippen LogP contribution is -2.26. The van der Waals surface area contributed by atoms with Gasteiger partial charge in [-0.1, -0.05) is 18.2 Å². The van der Waals surface area contributed by atoms with E-state index in [2.05, 4.69) is 9.97 Å². The van der Waals surface area contributed by atoms with E-state index in [1.165, 1.54) is 18.0 Å². The molecule has 1 aromatic heterocycles. The van der Waals surface area contributed by atoms with Gasteiger partial charge < -0.3 is 4.90 Å². The van der Waals surface area contributed by atoms with Crippen LogP contribution in [0.4, 0.5) is 4.39 Å². The highest BCUT2D eigenvalue weighted by Gasteiger charge is 2.29. The molecule has 0 aliphatic carbocycles. The number of carbonyl (C=O) groups is 2. The molecule has 1 amide bonds. The summed E-state index contributed by atoms with van der Waals surface area (Å²) in [6, 6.07) is 5.51. The predicted molar refractivity (Wildman–Crippen MR) is 87.0 cm³/mol. The highest BCUT2D eigenvalue weighted by molar-refractivity contribution is 6.28. The molecule has 24 heavy (non-hydrogen) atoms. The van der Waals surface area contributed by atoms with Crippen molar-refractivity contribution < 1.29 is 14.0 Å². The summed E-state index contributed by atoms with van der Waals surface area (Å²) in [4.78, 5) is 33.7. The number of aromatic nitrogens is 2. The number of hydrogen-bond acceptors (Lipinski definition) is 4. The number of ketones is 1. The SMILES string of the molecule is CC(=O)c1cnc(Cl)nc1Cc1cccc2c1C(=O)N(CCF)C2. The quantitative estimate of drug-likeness (QED) is 0.616. The van der Waals surface area contributed by atoms with Crippen LogP contribution in [0, 0.1) is 0 Å². The lowest BCUT2D eigenvalue weighted by Gasteiger charge is -2.13. The van der Waals surface area contributed by atoms with Crippen LogP contribution in [0.5, 0.6) is 0 Å². The van der Waals surface area contributed by atoms with E-state index in [9.17, 15) is 14.0 Å². The standard InChI is InChI=1S/C17H15ClFN3O2/c1-10(23)13-8-20-17(18)21-14(13)7-11-3-2-4-12-9-22(6-5-19)16(24)15(11)12/h2-4,8H,5-7,9H2,1H3. The van der Waals surface area contributed by atoms with Crippen molar-refractivity contribution in [3.8, 4) is 0 Å². The van der Waals surface area contributed by atoms with E-state index < -0.39 is 6.67 Å². The van der Waals surface area contributed by atoms with E-state index in [-0.39, 0.29) is 29.9 Å². The van der Waals surface area contributed by atoms with E-state index >= 15 is 0 Å². The number of fused-ring (bicyclic) bond motifs is 1. The zero-order chi connectivity index (χ0) is 17.3. The van der Waals surface area contributed by atoms with Crippen molar-refractivity contribution in [1.82, 2.24) is 14.9 Å². The second-order valence-electron chi connectivity index (χ2n) is 5.60. The number of rotatable bonds is 5. The van der Waals surface area contributed by atoms with Crippen LogP contribution in [-0.2, 0) is 13.0 Å².